The highest BCUT2D eigenvalue weighted by atomic mass is 32.2. The molecule has 1 fully saturated rings. The fraction of sp³-hybridized carbons (Fsp3) is 0.304. The number of amides is 1. The van der Waals surface area contributed by atoms with Crippen LogP contribution in [-0.2, 0) is 4.79 Å². The number of anilines is 1. The number of benzene rings is 2. The van der Waals surface area contributed by atoms with Crippen molar-refractivity contribution in [1.82, 2.24) is 9.80 Å². The molecular weight excluding hydrogens is 412 g/mol. The van der Waals surface area contributed by atoms with Gasteiger partial charge in [0.05, 0.1) is 6.67 Å². The summed E-state index contributed by atoms with van der Waals surface area (Å²) in [6, 6.07) is 16.1. The number of amidine groups is 1. The fourth-order valence-electron chi connectivity index (χ4n) is 3.96. The number of hydrogen-bond acceptors (Lipinski definition) is 7. The highest BCUT2D eigenvalue weighted by Gasteiger charge is 2.32. The van der Waals surface area contributed by atoms with Crippen LogP contribution < -0.4 is 14.4 Å². The smallest absolute Gasteiger partial charge is 0.279 e. The second-order valence-corrected chi connectivity index (χ2v) is 8.33. The maximum atomic E-state index is 13.1. The van der Waals surface area contributed by atoms with E-state index in [9.17, 15) is 4.79 Å². The van der Waals surface area contributed by atoms with Gasteiger partial charge in [0, 0.05) is 31.9 Å². The van der Waals surface area contributed by atoms with Crippen molar-refractivity contribution in [3.63, 3.8) is 0 Å². The topological polar surface area (TPSA) is 57.6 Å². The molecule has 0 aromatic heterocycles. The molecule has 0 atom stereocenters. The van der Waals surface area contributed by atoms with Crippen molar-refractivity contribution in [2.24, 2.45) is 4.99 Å². The molecule has 3 aliphatic heterocycles. The molecule has 3 heterocycles. The number of aliphatic imine (C=N–C) groups is 1. The Labute approximate surface area is 185 Å². The Morgan fingerprint density at radius 2 is 1.81 bits per heavy atom. The number of piperazine rings is 1. The maximum absolute atomic E-state index is 13.1. The molecule has 0 bridgehead atoms. The van der Waals surface area contributed by atoms with Crippen LogP contribution in [0.2, 0.25) is 0 Å². The quantitative estimate of drug-likeness (QED) is 0.687. The third-order valence-corrected chi connectivity index (χ3v) is 6.31. The van der Waals surface area contributed by atoms with Gasteiger partial charge in [0.1, 0.15) is 5.70 Å². The van der Waals surface area contributed by atoms with E-state index in [1.54, 1.807) is 4.90 Å². The first kappa shape index (κ1) is 20.0. The molecule has 2 aromatic rings. The van der Waals surface area contributed by atoms with Crippen molar-refractivity contribution in [3.8, 4) is 11.5 Å². The lowest BCUT2D eigenvalue weighted by molar-refractivity contribution is -0.124. The number of nitrogens with zero attached hydrogens (tertiary/aromatic N) is 4. The van der Waals surface area contributed by atoms with Gasteiger partial charge in [-0.05, 0) is 42.2 Å². The van der Waals surface area contributed by atoms with Crippen LogP contribution in [0.3, 0.4) is 0 Å². The zero-order chi connectivity index (χ0) is 21.2. The maximum Gasteiger partial charge on any atom is 0.279 e. The molecule has 31 heavy (non-hydrogen) atoms. The van der Waals surface area contributed by atoms with E-state index in [4.69, 9.17) is 9.47 Å². The molecule has 0 aliphatic carbocycles. The SMILES string of the molecule is CSC1=N/C(=C/c2ccc3c(c2)OCO3)C(=O)N1CN1CCN(c2ccccc2)CC1. The Balaban J connectivity index is 1.25. The van der Waals surface area contributed by atoms with E-state index < -0.39 is 0 Å². The van der Waals surface area contributed by atoms with Gasteiger partial charge in [-0.3, -0.25) is 14.6 Å². The minimum atomic E-state index is -0.0625. The van der Waals surface area contributed by atoms with E-state index in [1.807, 2.05) is 36.6 Å². The average Bonchev–Trinajstić information content (AvgIpc) is 3.40. The summed E-state index contributed by atoms with van der Waals surface area (Å²) in [5.74, 6) is 1.36. The number of ether oxygens (including phenoxy) is 2. The van der Waals surface area contributed by atoms with Crippen LogP contribution in [0, 0.1) is 0 Å². The monoisotopic (exact) mass is 436 g/mol. The molecule has 160 valence electrons. The van der Waals surface area contributed by atoms with E-state index >= 15 is 0 Å². The second-order valence-electron chi connectivity index (χ2n) is 7.56. The lowest BCUT2D eigenvalue weighted by atomic mass is 10.1. The summed E-state index contributed by atoms with van der Waals surface area (Å²) in [7, 11) is 0. The Morgan fingerprint density at radius 1 is 1.03 bits per heavy atom. The molecule has 1 saturated heterocycles. The highest BCUT2D eigenvalue weighted by Crippen LogP contribution is 2.33. The summed E-state index contributed by atoms with van der Waals surface area (Å²) in [6.07, 6.45) is 3.77. The van der Waals surface area contributed by atoms with E-state index in [0.717, 1.165) is 42.7 Å². The van der Waals surface area contributed by atoms with Crippen molar-refractivity contribution in [2.45, 2.75) is 0 Å². The van der Waals surface area contributed by atoms with Crippen LogP contribution in [0.5, 0.6) is 11.5 Å². The molecule has 0 unspecified atom stereocenters. The summed E-state index contributed by atoms with van der Waals surface area (Å²) >= 11 is 1.50. The predicted molar refractivity (Wildman–Crippen MR) is 123 cm³/mol. The third-order valence-electron chi connectivity index (χ3n) is 5.63. The van der Waals surface area contributed by atoms with E-state index in [-0.39, 0.29) is 12.7 Å². The first-order valence-corrected chi connectivity index (χ1v) is 11.5. The molecule has 7 nitrogen and oxygen atoms in total. The van der Waals surface area contributed by atoms with Crippen LogP contribution in [0.15, 0.2) is 59.2 Å². The number of carbonyl (C=O) groups excluding carboxylic acids is 1. The van der Waals surface area contributed by atoms with Gasteiger partial charge in [0.25, 0.3) is 5.91 Å². The zero-order valence-corrected chi connectivity index (χ0v) is 18.2. The van der Waals surface area contributed by atoms with E-state index in [2.05, 4.69) is 39.1 Å². The van der Waals surface area contributed by atoms with Gasteiger partial charge in [-0.15, -0.1) is 0 Å². The molecule has 2 aromatic carbocycles. The van der Waals surface area contributed by atoms with Crippen LogP contribution in [0.25, 0.3) is 6.08 Å². The second kappa shape index (κ2) is 8.64. The molecular formula is C23H24N4O3S. The molecule has 1 amide bonds. The zero-order valence-electron chi connectivity index (χ0n) is 17.4. The number of rotatable bonds is 4. The van der Waals surface area contributed by atoms with Gasteiger partial charge in [-0.25, -0.2) is 4.99 Å². The van der Waals surface area contributed by atoms with Crippen LogP contribution >= 0.6 is 11.8 Å². The van der Waals surface area contributed by atoms with Gasteiger partial charge in [-0.2, -0.15) is 0 Å². The lowest BCUT2D eigenvalue weighted by Gasteiger charge is -2.37. The molecule has 0 saturated carbocycles. The minimum Gasteiger partial charge on any atom is -0.454 e. The van der Waals surface area contributed by atoms with Crippen molar-refractivity contribution in [1.29, 1.82) is 0 Å². The number of carbonyl (C=O) groups is 1. The first-order chi connectivity index (χ1) is 15.2. The summed E-state index contributed by atoms with van der Waals surface area (Å²) in [4.78, 5) is 24.2. The van der Waals surface area contributed by atoms with Crippen LogP contribution in [-0.4, -0.2) is 66.8 Å². The van der Waals surface area contributed by atoms with E-state index in [1.165, 1.54) is 17.4 Å². The third kappa shape index (κ3) is 4.13. The van der Waals surface area contributed by atoms with E-state index in [0.29, 0.717) is 18.1 Å². The fourth-order valence-corrected chi connectivity index (χ4v) is 4.51. The Kier molecular flexibility index (Phi) is 5.57. The van der Waals surface area contributed by atoms with Gasteiger partial charge in [-0.1, -0.05) is 36.0 Å². The molecule has 8 heteroatoms. The number of thioether (sulfide) groups is 1. The standard InChI is InChI=1S/C23H24N4O3S/c1-31-23-24-19(13-17-7-8-20-21(14-17)30-16-29-20)22(28)27(23)15-25-9-11-26(12-10-25)18-5-3-2-4-6-18/h2-8,13-14H,9-12,15-16H2,1H3/b19-13+. The molecule has 0 spiro atoms. The van der Waals surface area contributed by atoms with Crippen LogP contribution in [0.1, 0.15) is 5.56 Å². The minimum absolute atomic E-state index is 0.0625. The summed E-state index contributed by atoms with van der Waals surface area (Å²) in [5, 5.41) is 0.738. The lowest BCUT2D eigenvalue weighted by Crippen LogP contribution is -2.51. The largest absolute Gasteiger partial charge is 0.454 e. The Hall–Kier alpha value is -2.97. The van der Waals surface area contributed by atoms with Crippen molar-refractivity contribution in [2.75, 3.05) is 50.8 Å². The van der Waals surface area contributed by atoms with Gasteiger partial charge >= 0.3 is 0 Å². The Morgan fingerprint density at radius 3 is 2.58 bits per heavy atom. The van der Waals surface area contributed by atoms with Crippen LogP contribution in [0.4, 0.5) is 5.69 Å². The first-order valence-electron chi connectivity index (χ1n) is 10.3. The van der Waals surface area contributed by atoms with Crippen molar-refractivity contribution >= 4 is 34.6 Å². The molecule has 0 N–H and O–H groups in total. The van der Waals surface area contributed by atoms with Crippen molar-refractivity contribution < 1.29 is 14.3 Å². The van der Waals surface area contributed by atoms with Gasteiger partial charge in [0.2, 0.25) is 6.79 Å². The summed E-state index contributed by atoms with van der Waals surface area (Å²) in [6.45, 7) is 4.48. The highest BCUT2D eigenvalue weighted by molar-refractivity contribution is 8.13. The number of hydrogen-bond donors (Lipinski definition) is 0. The Bertz CT molecular complexity index is 1030. The van der Waals surface area contributed by atoms with Gasteiger partial charge < -0.3 is 14.4 Å². The normalized spacial score (nSPS) is 20.0. The van der Waals surface area contributed by atoms with Gasteiger partial charge in [0.15, 0.2) is 16.7 Å². The number of fused-ring (bicyclic) bond motifs is 1. The summed E-state index contributed by atoms with van der Waals surface area (Å²) < 4.78 is 10.8. The molecule has 0 radical (unpaired) electrons. The van der Waals surface area contributed by atoms with Crippen molar-refractivity contribution in [3.05, 3.63) is 59.8 Å². The average molecular weight is 437 g/mol. The summed E-state index contributed by atoms with van der Waals surface area (Å²) in [5.41, 5.74) is 2.57. The molecule has 3 aliphatic rings. The number of para-hydroxylation sites is 1. The molecule has 5 rings (SSSR count). The predicted octanol–water partition coefficient (Wildman–Crippen LogP) is 3.10.